The van der Waals surface area contributed by atoms with E-state index in [2.05, 4.69) is 19.2 Å². The average molecular weight is 223 g/mol. The maximum absolute atomic E-state index is 3.83. The SMILES string of the molecule is CC1CCC(CNC2CCC(C)CC2)CC1. The molecule has 0 atom stereocenters. The molecular formula is C15H29N. The monoisotopic (exact) mass is 223 g/mol. The van der Waals surface area contributed by atoms with Crippen LogP contribution in [0, 0.1) is 17.8 Å². The van der Waals surface area contributed by atoms with Gasteiger partial charge >= 0.3 is 0 Å². The molecule has 0 saturated heterocycles. The predicted octanol–water partition coefficient (Wildman–Crippen LogP) is 3.98. The lowest BCUT2D eigenvalue weighted by Crippen LogP contribution is -2.36. The van der Waals surface area contributed by atoms with Crippen LogP contribution < -0.4 is 5.32 Å². The summed E-state index contributed by atoms with van der Waals surface area (Å²) in [6.07, 6.45) is 11.6. The Morgan fingerprint density at radius 1 is 0.750 bits per heavy atom. The second-order valence-electron chi connectivity index (χ2n) is 6.49. The predicted molar refractivity (Wildman–Crippen MR) is 70.5 cm³/mol. The van der Waals surface area contributed by atoms with Gasteiger partial charge in [0, 0.05) is 6.04 Å². The van der Waals surface area contributed by atoms with E-state index in [4.69, 9.17) is 0 Å². The number of hydrogen-bond acceptors (Lipinski definition) is 1. The molecule has 0 aliphatic heterocycles. The lowest BCUT2D eigenvalue weighted by molar-refractivity contribution is 0.250. The molecule has 0 bridgehead atoms. The fraction of sp³-hybridized carbons (Fsp3) is 1.00. The van der Waals surface area contributed by atoms with Crippen LogP contribution >= 0.6 is 0 Å². The zero-order valence-corrected chi connectivity index (χ0v) is 11.2. The minimum absolute atomic E-state index is 0.843. The average Bonchev–Trinajstić information content (AvgIpc) is 2.30. The van der Waals surface area contributed by atoms with Crippen molar-refractivity contribution in [1.29, 1.82) is 0 Å². The van der Waals surface area contributed by atoms with Crippen LogP contribution in [-0.4, -0.2) is 12.6 Å². The molecule has 2 fully saturated rings. The summed E-state index contributed by atoms with van der Waals surface area (Å²) in [6.45, 7) is 6.11. The Kier molecular flexibility index (Phi) is 4.69. The molecule has 0 radical (unpaired) electrons. The topological polar surface area (TPSA) is 12.0 Å². The molecule has 0 heterocycles. The summed E-state index contributed by atoms with van der Waals surface area (Å²) in [5, 5.41) is 3.83. The van der Waals surface area contributed by atoms with E-state index in [1.807, 2.05) is 0 Å². The minimum Gasteiger partial charge on any atom is -0.314 e. The molecule has 0 unspecified atom stereocenters. The van der Waals surface area contributed by atoms with Crippen molar-refractivity contribution in [1.82, 2.24) is 5.32 Å². The maximum atomic E-state index is 3.83. The molecule has 16 heavy (non-hydrogen) atoms. The highest BCUT2D eigenvalue weighted by Crippen LogP contribution is 2.28. The quantitative estimate of drug-likeness (QED) is 0.763. The molecule has 0 spiro atoms. The van der Waals surface area contributed by atoms with E-state index >= 15 is 0 Å². The van der Waals surface area contributed by atoms with E-state index in [1.54, 1.807) is 0 Å². The van der Waals surface area contributed by atoms with E-state index in [1.165, 1.54) is 57.9 Å². The third kappa shape index (κ3) is 3.76. The van der Waals surface area contributed by atoms with Crippen molar-refractivity contribution in [2.24, 2.45) is 17.8 Å². The first kappa shape index (κ1) is 12.4. The first-order valence-electron chi connectivity index (χ1n) is 7.47. The molecule has 0 aromatic carbocycles. The highest BCUT2D eigenvalue weighted by atomic mass is 14.9. The molecule has 2 aliphatic carbocycles. The second-order valence-corrected chi connectivity index (χ2v) is 6.49. The van der Waals surface area contributed by atoms with Gasteiger partial charge < -0.3 is 5.32 Å². The Labute approximate surface area is 101 Å². The Morgan fingerprint density at radius 2 is 1.25 bits per heavy atom. The molecule has 1 heteroatoms. The number of nitrogens with one attached hydrogen (secondary N) is 1. The van der Waals surface area contributed by atoms with Crippen LogP contribution in [0.5, 0.6) is 0 Å². The van der Waals surface area contributed by atoms with Crippen LogP contribution in [0.3, 0.4) is 0 Å². The highest BCUT2D eigenvalue weighted by molar-refractivity contribution is 4.78. The smallest absolute Gasteiger partial charge is 0.00673 e. The summed E-state index contributed by atoms with van der Waals surface area (Å²) in [4.78, 5) is 0. The Balaban J connectivity index is 1.60. The van der Waals surface area contributed by atoms with E-state index in [0.717, 1.165) is 23.8 Å². The molecule has 2 rings (SSSR count). The zero-order valence-electron chi connectivity index (χ0n) is 11.2. The second kappa shape index (κ2) is 6.05. The zero-order chi connectivity index (χ0) is 11.4. The van der Waals surface area contributed by atoms with Crippen molar-refractivity contribution in [3.8, 4) is 0 Å². The molecule has 0 amide bonds. The lowest BCUT2D eigenvalue weighted by atomic mass is 9.82. The molecule has 2 aliphatic rings. The van der Waals surface area contributed by atoms with Crippen molar-refractivity contribution in [2.45, 2.75) is 71.3 Å². The molecule has 0 aromatic heterocycles. The van der Waals surface area contributed by atoms with Crippen molar-refractivity contribution in [2.75, 3.05) is 6.54 Å². The van der Waals surface area contributed by atoms with Gasteiger partial charge in [-0.3, -0.25) is 0 Å². The Bertz CT molecular complexity index is 164. The standard InChI is InChI=1S/C15H29N/c1-12-3-7-14(8-4-12)11-16-15-9-5-13(2)6-10-15/h12-16H,3-11H2,1-2H3. The summed E-state index contributed by atoms with van der Waals surface area (Å²) in [7, 11) is 0. The Morgan fingerprint density at radius 3 is 1.81 bits per heavy atom. The molecule has 2 saturated carbocycles. The van der Waals surface area contributed by atoms with Gasteiger partial charge in [-0.1, -0.05) is 26.7 Å². The van der Waals surface area contributed by atoms with Crippen LogP contribution in [-0.2, 0) is 0 Å². The summed E-state index contributed by atoms with van der Waals surface area (Å²) in [5.41, 5.74) is 0. The van der Waals surface area contributed by atoms with Crippen LogP contribution in [0.1, 0.15) is 65.2 Å². The number of rotatable bonds is 3. The maximum Gasteiger partial charge on any atom is 0.00673 e. The van der Waals surface area contributed by atoms with E-state index in [-0.39, 0.29) is 0 Å². The van der Waals surface area contributed by atoms with Gasteiger partial charge in [0.2, 0.25) is 0 Å². The number of hydrogen-bond donors (Lipinski definition) is 1. The molecular weight excluding hydrogens is 194 g/mol. The largest absolute Gasteiger partial charge is 0.314 e. The van der Waals surface area contributed by atoms with E-state index < -0.39 is 0 Å². The van der Waals surface area contributed by atoms with Crippen LogP contribution in [0.4, 0.5) is 0 Å². The van der Waals surface area contributed by atoms with Crippen LogP contribution in [0.25, 0.3) is 0 Å². The minimum atomic E-state index is 0.843. The Hall–Kier alpha value is -0.0400. The summed E-state index contributed by atoms with van der Waals surface area (Å²) in [5.74, 6) is 2.95. The summed E-state index contributed by atoms with van der Waals surface area (Å²) < 4.78 is 0. The van der Waals surface area contributed by atoms with Gasteiger partial charge in [-0.05, 0) is 62.8 Å². The van der Waals surface area contributed by atoms with Gasteiger partial charge in [-0.15, -0.1) is 0 Å². The molecule has 94 valence electrons. The first-order valence-corrected chi connectivity index (χ1v) is 7.47. The van der Waals surface area contributed by atoms with Crippen molar-refractivity contribution < 1.29 is 0 Å². The molecule has 0 aromatic rings. The fourth-order valence-electron chi connectivity index (χ4n) is 3.33. The van der Waals surface area contributed by atoms with Crippen molar-refractivity contribution in [3.63, 3.8) is 0 Å². The molecule has 1 nitrogen and oxygen atoms in total. The van der Waals surface area contributed by atoms with Gasteiger partial charge in [0.05, 0.1) is 0 Å². The van der Waals surface area contributed by atoms with E-state index in [0.29, 0.717) is 0 Å². The lowest BCUT2D eigenvalue weighted by Gasteiger charge is -2.31. The van der Waals surface area contributed by atoms with Crippen LogP contribution in [0.2, 0.25) is 0 Å². The van der Waals surface area contributed by atoms with E-state index in [9.17, 15) is 0 Å². The van der Waals surface area contributed by atoms with Crippen LogP contribution in [0.15, 0.2) is 0 Å². The summed E-state index contributed by atoms with van der Waals surface area (Å²) in [6, 6.07) is 0.843. The third-order valence-corrected chi connectivity index (χ3v) is 4.85. The van der Waals surface area contributed by atoms with Gasteiger partial charge in [0.15, 0.2) is 0 Å². The first-order chi connectivity index (χ1) is 7.74. The highest BCUT2D eigenvalue weighted by Gasteiger charge is 2.21. The third-order valence-electron chi connectivity index (χ3n) is 4.85. The van der Waals surface area contributed by atoms with Crippen molar-refractivity contribution >= 4 is 0 Å². The summed E-state index contributed by atoms with van der Waals surface area (Å²) >= 11 is 0. The van der Waals surface area contributed by atoms with Crippen molar-refractivity contribution in [3.05, 3.63) is 0 Å². The molecule has 1 N–H and O–H groups in total. The van der Waals surface area contributed by atoms with Gasteiger partial charge in [-0.25, -0.2) is 0 Å². The van der Waals surface area contributed by atoms with Gasteiger partial charge in [0.1, 0.15) is 0 Å². The van der Waals surface area contributed by atoms with Gasteiger partial charge in [-0.2, -0.15) is 0 Å². The fourth-order valence-corrected chi connectivity index (χ4v) is 3.33. The normalized spacial score (nSPS) is 40.9. The van der Waals surface area contributed by atoms with Gasteiger partial charge in [0.25, 0.3) is 0 Å².